The summed E-state index contributed by atoms with van der Waals surface area (Å²) in [5, 5.41) is 3.01. The van der Waals surface area contributed by atoms with Crippen LogP contribution in [0, 0.1) is 5.82 Å². The maximum absolute atomic E-state index is 13.1. The molecule has 1 unspecified atom stereocenters. The molecule has 0 saturated carbocycles. The standard InChI is InChI=1S/C17H20FN3O/c1-21(2)12-9-16(22)20-17(14-7-10-19-11-8-14)13-3-5-15(18)6-4-13/h3-8,10-11,17H,9,12H2,1-2H3,(H,20,22). The Labute approximate surface area is 130 Å². The number of aromatic nitrogens is 1. The van der Waals surface area contributed by atoms with Crippen LogP contribution in [0.15, 0.2) is 48.8 Å². The molecule has 0 radical (unpaired) electrons. The highest BCUT2D eigenvalue weighted by Crippen LogP contribution is 2.22. The highest BCUT2D eigenvalue weighted by atomic mass is 19.1. The summed E-state index contributed by atoms with van der Waals surface area (Å²) in [6.07, 6.45) is 3.77. The molecule has 1 amide bonds. The van der Waals surface area contributed by atoms with Gasteiger partial charge in [-0.15, -0.1) is 0 Å². The van der Waals surface area contributed by atoms with Gasteiger partial charge in [0.1, 0.15) is 5.82 Å². The van der Waals surface area contributed by atoms with Crippen LogP contribution in [0.25, 0.3) is 0 Å². The first-order valence-electron chi connectivity index (χ1n) is 7.16. The number of carbonyl (C=O) groups excluding carboxylic acids is 1. The lowest BCUT2D eigenvalue weighted by atomic mass is 9.99. The molecule has 0 bridgehead atoms. The lowest BCUT2D eigenvalue weighted by Gasteiger charge is -2.20. The predicted molar refractivity (Wildman–Crippen MR) is 83.8 cm³/mol. The molecule has 0 aliphatic heterocycles. The Morgan fingerprint density at radius 3 is 2.32 bits per heavy atom. The lowest BCUT2D eigenvalue weighted by molar-refractivity contribution is -0.121. The van der Waals surface area contributed by atoms with E-state index in [9.17, 15) is 9.18 Å². The minimum atomic E-state index is -0.307. The number of carbonyl (C=O) groups is 1. The van der Waals surface area contributed by atoms with Gasteiger partial charge in [0.25, 0.3) is 0 Å². The summed E-state index contributed by atoms with van der Waals surface area (Å²) >= 11 is 0. The van der Waals surface area contributed by atoms with Gasteiger partial charge in [0.15, 0.2) is 0 Å². The van der Waals surface area contributed by atoms with E-state index in [1.165, 1.54) is 12.1 Å². The normalized spacial score (nSPS) is 12.2. The van der Waals surface area contributed by atoms with Crippen LogP contribution in [0.2, 0.25) is 0 Å². The largest absolute Gasteiger partial charge is 0.345 e. The van der Waals surface area contributed by atoms with Gasteiger partial charge in [0.2, 0.25) is 5.91 Å². The minimum Gasteiger partial charge on any atom is -0.345 e. The van der Waals surface area contributed by atoms with Crippen LogP contribution in [-0.2, 0) is 4.79 Å². The molecule has 1 heterocycles. The van der Waals surface area contributed by atoms with Gasteiger partial charge in [-0.2, -0.15) is 0 Å². The van der Waals surface area contributed by atoms with Crippen molar-refractivity contribution in [2.24, 2.45) is 0 Å². The molecule has 5 heteroatoms. The Hall–Kier alpha value is -2.27. The van der Waals surface area contributed by atoms with Gasteiger partial charge < -0.3 is 10.2 Å². The van der Waals surface area contributed by atoms with E-state index in [1.807, 2.05) is 31.1 Å². The number of hydrogen-bond donors (Lipinski definition) is 1. The molecule has 0 aliphatic rings. The monoisotopic (exact) mass is 301 g/mol. The van der Waals surface area contributed by atoms with Gasteiger partial charge in [-0.1, -0.05) is 12.1 Å². The number of halogens is 1. The van der Waals surface area contributed by atoms with Crippen molar-refractivity contribution >= 4 is 5.91 Å². The molecule has 2 rings (SSSR count). The smallest absolute Gasteiger partial charge is 0.222 e. The molecule has 1 N–H and O–H groups in total. The van der Waals surface area contributed by atoms with Crippen LogP contribution < -0.4 is 5.32 Å². The second kappa shape index (κ2) is 7.66. The lowest BCUT2D eigenvalue weighted by Crippen LogP contribution is -2.31. The Morgan fingerprint density at radius 1 is 1.14 bits per heavy atom. The molecule has 0 saturated heterocycles. The van der Waals surface area contributed by atoms with E-state index in [0.29, 0.717) is 13.0 Å². The van der Waals surface area contributed by atoms with Gasteiger partial charge >= 0.3 is 0 Å². The van der Waals surface area contributed by atoms with E-state index in [1.54, 1.807) is 24.5 Å². The Bertz CT molecular complexity index is 599. The molecular formula is C17H20FN3O. The summed E-state index contributed by atoms with van der Waals surface area (Å²) in [6.45, 7) is 0.679. The van der Waals surface area contributed by atoms with Crippen LogP contribution in [0.1, 0.15) is 23.6 Å². The van der Waals surface area contributed by atoms with Crippen LogP contribution in [0.5, 0.6) is 0 Å². The van der Waals surface area contributed by atoms with Gasteiger partial charge in [-0.05, 0) is 49.5 Å². The van der Waals surface area contributed by atoms with Crippen molar-refractivity contribution in [3.8, 4) is 0 Å². The topological polar surface area (TPSA) is 45.2 Å². The number of nitrogens with one attached hydrogen (secondary N) is 1. The molecule has 22 heavy (non-hydrogen) atoms. The van der Waals surface area contributed by atoms with Gasteiger partial charge in [0, 0.05) is 25.4 Å². The summed E-state index contributed by atoms with van der Waals surface area (Å²) in [7, 11) is 3.85. The fourth-order valence-electron chi connectivity index (χ4n) is 2.13. The number of amides is 1. The summed E-state index contributed by atoms with van der Waals surface area (Å²) in [4.78, 5) is 18.1. The van der Waals surface area contributed by atoms with Gasteiger partial charge in [-0.3, -0.25) is 9.78 Å². The Morgan fingerprint density at radius 2 is 1.73 bits per heavy atom. The zero-order valence-corrected chi connectivity index (χ0v) is 12.8. The van der Waals surface area contributed by atoms with E-state index in [-0.39, 0.29) is 17.8 Å². The van der Waals surface area contributed by atoms with Crippen molar-refractivity contribution in [3.63, 3.8) is 0 Å². The number of pyridine rings is 1. The predicted octanol–water partition coefficient (Wildman–Crippen LogP) is 2.38. The Kier molecular flexibility index (Phi) is 5.61. The maximum Gasteiger partial charge on any atom is 0.222 e. The first kappa shape index (κ1) is 16.1. The average molecular weight is 301 g/mol. The summed E-state index contributed by atoms with van der Waals surface area (Å²) in [5.74, 6) is -0.337. The third-order valence-corrected chi connectivity index (χ3v) is 3.33. The van der Waals surface area contributed by atoms with Crippen LogP contribution in [-0.4, -0.2) is 36.4 Å². The summed E-state index contributed by atoms with van der Waals surface area (Å²) in [6, 6.07) is 9.56. The number of hydrogen-bond acceptors (Lipinski definition) is 3. The maximum atomic E-state index is 13.1. The van der Waals surface area contributed by atoms with Crippen molar-refractivity contribution in [2.45, 2.75) is 12.5 Å². The van der Waals surface area contributed by atoms with Gasteiger partial charge in [0.05, 0.1) is 6.04 Å². The summed E-state index contributed by atoms with van der Waals surface area (Å²) < 4.78 is 13.1. The van der Waals surface area contributed by atoms with Crippen molar-refractivity contribution < 1.29 is 9.18 Å². The molecule has 4 nitrogen and oxygen atoms in total. The second-order valence-electron chi connectivity index (χ2n) is 5.39. The van der Waals surface area contributed by atoms with E-state index < -0.39 is 0 Å². The van der Waals surface area contributed by atoms with E-state index in [4.69, 9.17) is 0 Å². The van der Waals surface area contributed by atoms with Crippen molar-refractivity contribution in [1.82, 2.24) is 15.2 Å². The first-order chi connectivity index (χ1) is 10.6. The van der Waals surface area contributed by atoms with Crippen LogP contribution in [0.4, 0.5) is 4.39 Å². The highest BCUT2D eigenvalue weighted by molar-refractivity contribution is 5.77. The third-order valence-electron chi connectivity index (χ3n) is 3.33. The quantitative estimate of drug-likeness (QED) is 0.891. The van der Waals surface area contributed by atoms with E-state index in [2.05, 4.69) is 10.3 Å². The molecule has 1 aromatic heterocycles. The molecule has 116 valence electrons. The minimum absolute atomic E-state index is 0.0418. The first-order valence-corrected chi connectivity index (χ1v) is 7.16. The zero-order valence-electron chi connectivity index (χ0n) is 12.8. The van der Waals surface area contributed by atoms with Crippen molar-refractivity contribution in [2.75, 3.05) is 20.6 Å². The molecule has 1 aromatic carbocycles. The summed E-state index contributed by atoms with van der Waals surface area (Å²) in [5.41, 5.74) is 1.76. The Balaban J connectivity index is 2.19. The number of benzene rings is 1. The highest BCUT2D eigenvalue weighted by Gasteiger charge is 2.16. The van der Waals surface area contributed by atoms with E-state index >= 15 is 0 Å². The van der Waals surface area contributed by atoms with Crippen molar-refractivity contribution in [1.29, 1.82) is 0 Å². The van der Waals surface area contributed by atoms with Crippen LogP contribution >= 0.6 is 0 Å². The molecule has 1 atom stereocenters. The fraction of sp³-hybridized carbons (Fsp3) is 0.294. The third kappa shape index (κ3) is 4.63. The van der Waals surface area contributed by atoms with Gasteiger partial charge in [-0.25, -0.2) is 4.39 Å². The molecular weight excluding hydrogens is 281 g/mol. The van der Waals surface area contributed by atoms with E-state index in [0.717, 1.165) is 11.1 Å². The zero-order chi connectivity index (χ0) is 15.9. The molecule has 0 fully saturated rings. The molecule has 0 aliphatic carbocycles. The fourth-order valence-corrected chi connectivity index (χ4v) is 2.13. The SMILES string of the molecule is CN(C)CCC(=O)NC(c1ccncc1)c1ccc(F)cc1. The number of rotatable bonds is 6. The molecule has 2 aromatic rings. The average Bonchev–Trinajstić information content (AvgIpc) is 2.52. The van der Waals surface area contributed by atoms with Crippen molar-refractivity contribution in [3.05, 3.63) is 65.7 Å². The van der Waals surface area contributed by atoms with Crippen LogP contribution in [0.3, 0.4) is 0 Å². The second-order valence-corrected chi connectivity index (χ2v) is 5.39. The number of nitrogens with zero attached hydrogens (tertiary/aromatic N) is 2. The molecule has 0 spiro atoms.